The number of ketones is 1. The maximum absolute atomic E-state index is 13.9. The highest BCUT2D eigenvalue weighted by molar-refractivity contribution is 5.98. The Kier molecular flexibility index (Phi) is 12.2. The highest BCUT2D eigenvalue weighted by Gasteiger charge is 2.50. The minimum Gasteiger partial charge on any atom is -0.361 e. The van der Waals surface area contributed by atoms with E-state index in [9.17, 15) is 24.0 Å². The second kappa shape index (κ2) is 16.1. The van der Waals surface area contributed by atoms with Crippen molar-refractivity contribution < 1.29 is 28.7 Å². The summed E-state index contributed by atoms with van der Waals surface area (Å²) >= 11 is 0. The van der Waals surface area contributed by atoms with E-state index in [4.69, 9.17) is 4.74 Å². The van der Waals surface area contributed by atoms with Gasteiger partial charge in [-0.1, -0.05) is 58.0 Å². The number of hydrogen-bond donors (Lipinski definition) is 3. The predicted molar refractivity (Wildman–Crippen MR) is 175 cm³/mol. The van der Waals surface area contributed by atoms with Crippen molar-refractivity contribution in [3.63, 3.8) is 0 Å². The molecule has 2 fully saturated rings. The van der Waals surface area contributed by atoms with Crippen molar-refractivity contribution in [2.45, 2.75) is 90.4 Å². The maximum atomic E-state index is 13.9. The molecule has 0 unspecified atom stereocenters. The van der Waals surface area contributed by atoms with Gasteiger partial charge in [0.2, 0.25) is 17.7 Å². The van der Waals surface area contributed by atoms with Crippen LogP contribution in [0.1, 0.15) is 76.4 Å². The number of ether oxygens (including phenoxy) is 1. The number of nitrogens with one attached hydrogen (secondary N) is 3. The van der Waals surface area contributed by atoms with Gasteiger partial charge in [0.25, 0.3) is 5.91 Å². The second-order valence-electron chi connectivity index (χ2n) is 13.7. The largest absolute Gasteiger partial charge is 0.361 e. The standard InChI is InChI=1S/C35H48N6O6/c1-22(2)17-26(30(42)35(5)21-47-35)38-32(44)27(18-23(3)4)40-33(45)28(19-24-9-7-6-8-10-24)39-31(43)25-11-15-41(16-12-25)34(46)29-20-36-13-14-37-29/h6-10,13-14,20,22-23,25-28H,11-12,15-19,21H2,1-5H3,(H,38,44)(H,39,43)(H,40,45)/t26-,27-,28-,35+/m0/s1. The first kappa shape index (κ1) is 35.7. The average molecular weight is 649 g/mol. The number of piperidine rings is 1. The van der Waals surface area contributed by atoms with Crippen LogP contribution in [-0.2, 0) is 30.3 Å². The van der Waals surface area contributed by atoms with Crippen molar-refractivity contribution >= 4 is 29.4 Å². The van der Waals surface area contributed by atoms with E-state index in [1.54, 1.807) is 11.8 Å². The van der Waals surface area contributed by atoms with Gasteiger partial charge in [0, 0.05) is 37.8 Å². The van der Waals surface area contributed by atoms with Gasteiger partial charge >= 0.3 is 0 Å². The topological polar surface area (TPSA) is 163 Å². The quantitative estimate of drug-likeness (QED) is 0.248. The van der Waals surface area contributed by atoms with Crippen LogP contribution >= 0.6 is 0 Å². The van der Waals surface area contributed by atoms with Crippen LogP contribution < -0.4 is 16.0 Å². The zero-order valence-electron chi connectivity index (χ0n) is 28.0. The molecule has 0 bridgehead atoms. The SMILES string of the molecule is CC(C)C[C@H](NC(=O)[C@H](Cc1ccccc1)NC(=O)C1CCN(C(=O)c2cnccn2)CC1)C(=O)N[C@@H](CC(C)C)C(=O)[C@@]1(C)CO1. The Morgan fingerprint density at radius 3 is 2.04 bits per heavy atom. The van der Waals surface area contributed by atoms with E-state index in [2.05, 4.69) is 25.9 Å². The first-order valence-electron chi connectivity index (χ1n) is 16.5. The summed E-state index contributed by atoms with van der Waals surface area (Å²) in [7, 11) is 0. The van der Waals surface area contributed by atoms with Gasteiger partial charge < -0.3 is 25.6 Å². The lowest BCUT2D eigenvalue weighted by atomic mass is 9.92. The van der Waals surface area contributed by atoms with Crippen LogP contribution in [-0.4, -0.2) is 87.7 Å². The van der Waals surface area contributed by atoms with Crippen molar-refractivity contribution in [3.05, 3.63) is 60.2 Å². The van der Waals surface area contributed by atoms with Crippen molar-refractivity contribution in [3.8, 4) is 0 Å². The zero-order valence-corrected chi connectivity index (χ0v) is 28.0. The van der Waals surface area contributed by atoms with E-state index in [1.165, 1.54) is 18.6 Å². The smallest absolute Gasteiger partial charge is 0.274 e. The van der Waals surface area contributed by atoms with Crippen LogP contribution in [0.15, 0.2) is 48.9 Å². The molecule has 4 atom stereocenters. The number of hydrogen-bond acceptors (Lipinski definition) is 8. The van der Waals surface area contributed by atoms with Gasteiger partial charge in [0.1, 0.15) is 23.4 Å². The summed E-state index contributed by atoms with van der Waals surface area (Å²) in [6, 6.07) is 6.75. The van der Waals surface area contributed by atoms with Crippen LogP contribution in [0.25, 0.3) is 0 Å². The van der Waals surface area contributed by atoms with E-state index in [-0.39, 0.29) is 41.5 Å². The average Bonchev–Trinajstić information content (AvgIpc) is 3.81. The number of epoxide rings is 1. The van der Waals surface area contributed by atoms with Crippen LogP contribution in [0.5, 0.6) is 0 Å². The molecular formula is C35H48N6O6. The molecule has 47 heavy (non-hydrogen) atoms. The van der Waals surface area contributed by atoms with Crippen LogP contribution in [0, 0.1) is 17.8 Å². The van der Waals surface area contributed by atoms with Gasteiger partial charge in [0.15, 0.2) is 5.78 Å². The fraction of sp³-hybridized carbons (Fsp3) is 0.571. The number of Topliss-reactive ketones (excluding diaryl/α,β-unsaturated/α-hetero) is 1. The highest BCUT2D eigenvalue weighted by Crippen LogP contribution is 2.30. The lowest BCUT2D eigenvalue weighted by molar-refractivity contribution is -0.135. The summed E-state index contributed by atoms with van der Waals surface area (Å²) in [5.74, 6) is -1.80. The maximum Gasteiger partial charge on any atom is 0.274 e. The molecule has 12 nitrogen and oxygen atoms in total. The monoisotopic (exact) mass is 648 g/mol. The number of benzene rings is 1. The Bertz CT molecular complexity index is 1390. The van der Waals surface area contributed by atoms with Crippen LogP contribution in [0.4, 0.5) is 0 Å². The Morgan fingerprint density at radius 1 is 0.872 bits per heavy atom. The summed E-state index contributed by atoms with van der Waals surface area (Å²) in [5.41, 5.74) is 0.209. The van der Waals surface area contributed by atoms with Gasteiger partial charge in [-0.3, -0.25) is 29.0 Å². The fourth-order valence-electron chi connectivity index (χ4n) is 5.83. The number of carbonyl (C=O) groups is 5. The van der Waals surface area contributed by atoms with Crippen LogP contribution in [0.2, 0.25) is 0 Å². The van der Waals surface area contributed by atoms with Crippen molar-refractivity contribution in [1.29, 1.82) is 0 Å². The summed E-state index contributed by atoms with van der Waals surface area (Å²) in [4.78, 5) is 76.7. The lowest BCUT2D eigenvalue weighted by Gasteiger charge is -2.32. The lowest BCUT2D eigenvalue weighted by Crippen LogP contribution is -2.58. The van der Waals surface area contributed by atoms with Gasteiger partial charge in [-0.2, -0.15) is 0 Å². The third kappa shape index (κ3) is 10.1. The Hall–Kier alpha value is -4.19. The molecule has 2 aliphatic heterocycles. The first-order valence-corrected chi connectivity index (χ1v) is 16.5. The fourth-order valence-corrected chi connectivity index (χ4v) is 5.83. The van der Waals surface area contributed by atoms with Crippen LogP contribution in [0.3, 0.4) is 0 Å². The molecule has 0 aliphatic carbocycles. The Balaban J connectivity index is 1.44. The first-order chi connectivity index (χ1) is 22.4. The number of rotatable bonds is 15. The molecule has 3 N–H and O–H groups in total. The summed E-state index contributed by atoms with van der Waals surface area (Å²) < 4.78 is 5.37. The van der Waals surface area contributed by atoms with E-state index in [0.29, 0.717) is 45.4 Å². The summed E-state index contributed by atoms with van der Waals surface area (Å²) in [5, 5.41) is 8.74. The van der Waals surface area contributed by atoms with Crippen molar-refractivity contribution in [2.75, 3.05) is 19.7 Å². The number of nitrogens with zero attached hydrogens (tertiary/aromatic N) is 3. The normalized spacial score (nSPS) is 19.9. The number of carbonyl (C=O) groups excluding carboxylic acids is 5. The molecule has 1 aromatic heterocycles. The molecule has 2 saturated heterocycles. The molecular weight excluding hydrogens is 600 g/mol. The second-order valence-corrected chi connectivity index (χ2v) is 13.7. The predicted octanol–water partition coefficient (Wildman–Crippen LogP) is 2.48. The third-order valence-corrected chi connectivity index (χ3v) is 8.63. The molecule has 4 rings (SSSR count). The molecule has 1 aromatic carbocycles. The minimum absolute atomic E-state index is 0.0616. The molecule has 3 heterocycles. The van der Waals surface area contributed by atoms with E-state index >= 15 is 0 Å². The summed E-state index contributed by atoms with van der Waals surface area (Å²) in [6.45, 7) is 10.7. The molecule has 2 aliphatic rings. The molecule has 0 radical (unpaired) electrons. The minimum atomic E-state index is -0.946. The molecule has 0 saturated carbocycles. The molecule has 4 amide bonds. The van der Waals surface area contributed by atoms with Gasteiger partial charge in [-0.05, 0) is 50.0 Å². The van der Waals surface area contributed by atoms with E-state index < -0.39 is 41.5 Å². The number of amides is 4. The molecule has 12 heteroatoms. The Labute approximate surface area is 276 Å². The number of aromatic nitrogens is 2. The van der Waals surface area contributed by atoms with Crippen molar-refractivity contribution in [1.82, 2.24) is 30.8 Å². The molecule has 0 spiro atoms. The third-order valence-electron chi connectivity index (χ3n) is 8.63. The van der Waals surface area contributed by atoms with Gasteiger partial charge in [-0.25, -0.2) is 4.98 Å². The van der Waals surface area contributed by atoms with E-state index in [0.717, 1.165) is 5.56 Å². The molecule has 2 aromatic rings. The van der Waals surface area contributed by atoms with Gasteiger partial charge in [-0.15, -0.1) is 0 Å². The van der Waals surface area contributed by atoms with E-state index in [1.807, 2.05) is 58.0 Å². The number of likely N-dealkylation sites (tertiary alicyclic amines) is 1. The van der Waals surface area contributed by atoms with Gasteiger partial charge in [0.05, 0.1) is 18.8 Å². The zero-order chi connectivity index (χ0) is 34.1. The highest BCUT2D eigenvalue weighted by atomic mass is 16.6. The van der Waals surface area contributed by atoms with Crippen molar-refractivity contribution in [2.24, 2.45) is 17.8 Å². The summed E-state index contributed by atoms with van der Waals surface area (Å²) in [6.07, 6.45) is 6.27. The Morgan fingerprint density at radius 2 is 1.47 bits per heavy atom. The molecule has 254 valence electrons.